The van der Waals surface area contributed by atoms with Crippen molar-refractivity contribution in [3.63, 3.8) is 0 Å². The van der Waals surface area contributed by atoms with Gasteiger partial charge in [-0.05, 0) is 18.2 Å². The minimum Gasteiger partial charge on any atom is -0.327 e. The summed E-state index contributed by atoms with van der Waals surface area (Å²) in [6.45, 7) is 0. The fraction of sp³-hybridized carbons (Fsp3) is 0.0769. The van der Waals surface area contributed by atoms with Crippen LogP contribution in [0.25, 0.3) is 10.1 Å². The number of thiophene rings is 1. The zero-order valence-corrected chi connectivity index (χ0v) is 11.6. The number of aromatic nitrogens is 1. The van der Waals surface area contributed by atoms with Crippen LogP contribution in [0, 0.1) is 5.82 Å². The van der Waals surface area contributed by atoms with Crippen molar-refractivity contribution in [2.24, 2.45) is 12.0 Å². The highest BCUT2D eigenvalue weighted by Crippen LogP contribution is 2.27. The van der Waals surface area contributed by atoms with Crippen molar-refractivity contribution in [2.45, 2.75) is 0 Å². The van der Waals surface area contributed by atoms with Gasteiger partial charge in [-0.3, -0.25) is 4.79 Å². The topological polar surface area (TPSA) is 34.4 Å². The molecular formula is C13H9FN2OS2. The van der Waals surface area contributed by atoms with E-state index in [2.05, 4.69) is 4.99 Å². The predicted octanol–water partition coefficient (Wildman–Crippen LogP) is 3.18. The molecule has 0 aliphatic heterocycles. The van der Waals surface area contributed by atoms with Gasteiger partial charge in [0.05, 0.1) is 4.88 Å². The molecule has 0 fully saturated rings. The zero-order chi connectivity index (χ0) is 13.4. The van der Waals surface area contributed by atoms with Crippen molar-refractivity contribution in [3.8, 4) is 0 Å². The Bertz CT molecular complexity index is 828. The van der Waals surface area contributed by atoms with Gasteiger partial charge >= 0.3 is 0 Å². The molecule has 19 heavy (non-hydrogen) atoms. The van der Waals surface area contributed by atoms with Crippen molar-refractivity contribution in [2.75, 3.05) is 0 Å². The summed E-state index contributed by atoms with van der Waals surface area (Å²) in [5.41, 5.74) is 0. The normalized spacial score (nSPS) is 12.2. The first kappa shape index (κ1) is 12.3. The molecule has 6 heteroatoms. The molecule has 0 bridgehead atoms. The third-order valence-electron chi connectivity index (χ3n) is 2.68. The van der Waals surface area contributed by atoms with Crippen LogP contribution in [0.15, 0.2) is 40.8 Å². The van der Waals surface area contributed by atoms with Gasteiger partial charge in [-0.15, -0.1) is 22.7 Å². The van der Waals surface area contributed by atoms with Gasteiger partial charge in [0, 0.05) is 28.7 Å². The molecule has 0 radical (unpaired) electrons. The standard InChI is InChI=1S/C13H9FN2OS2/c1-16-5-6-18-13(16)15-12(17)11-7-8-9(14)3-2-4-10(8)19-11/h2-7H,1H3. The SMILES string of the molecule is Cn1ccsc1=NC(=O)c1cc2c(F)cccc2s1. The lowest BCUT2D eigenvalue weighted by Gasteiger charge is -1.89. The van der Waals surface area contributed by atoms with Gasteiger partial charge in [0.2, 0.25) is 0 Å². The van der Waals surface area contributed by atoms with Crippen molar-refractivity contribution in [3.05, 3.63) is 51.3 Å². The Labute approximate surface area is 116 Å². The largest absolute Gasteiger partial charge is 0.327 e. The predicted molar refractivity (Wildman–Crippen MR) is 75.0 cm³/mol. The van der Waals surface area contributed by atoms with Crippen LogP contribution in [0.5, 0.6) is 0 Å². The number of rotatable bonds is 1. The molecule has 2 aromatic heterocycles. The van der Waals surface area contributed by atoms with Crippen molar-refractivity contribution in [1.82, 2.24) is 4.57 Å². The van der Waals surface area contributed by atoms with Gasteiger partial charge in [-0.25, -0.2) is 4.39 Å². The number of carbonyl (C=O) groups is 1. The third-order valence-corrected chi connectivity index (χ3v) is 4.61. The highest BCUT2D eigenvalue weighted by molar-refractivity contribution is 7.20. The maximum atomic E-state index is 13.6. The molecule has 2 heterocycles. The van der Waals surface area contributed by atoms with Crippen LogP contribution >= 0.6 is 22.7 Å². The highest BCUT2D eigenvalue weighted by atomic mass is 32.1. The van der Waals surface area contributed by atoms with Crippen LogP contribution in [0.2, 0.25) is 0 Å². The van der Waals surface area contributed by atoms with Crippen LogP contribution in [0.4, 0.5) is 4.39 Å². The number of halogens is 1. The Morgan fingerprint density at radius 1 is 1.42 bits per heavy atom. The highest BCUT2D eigenvalue weighted by Gasteiger charge is 2.11. The molecule has 3 aromatic rings. The van der Waals surface area contributed by atoms with E-state index in [-0.39, 0.29) is 11.7 Å². The van der Waals surface area contributed by atoms with Crippen molar-refractivity contribution < 1.29 is 9.18 Å². The monoisotopic (exact) mass is 292 g/mol. The number of hydrogen-bond donors (Lipinski definition) is 0. The average Bonchev–Trinajstić information content (AvgIpc) is 2.97. The number of thiazole rings is 1. The second-order valence-electron chi connectivity index (χ2n) is 3.98. The molecule has 0 aliphatic carbocycles. The molecule has 3 nitrogen and oxygen atoms in total. The molecule has 0 saturated carbocycles. The van der Waals surface area contributed by atoms with E-state index in [9.17, 15) is 9.18 Å². The first-order chi connectivity index (χ1) is 9.15. The minimum atomic E-state index is -0.335. The first-order valence-electron chi connectivity index (χ1n) is 5.52. The van der Waals surface area contributed by atoms with E-state index in [0.717, 1.165) is 4.70 Å². The molecular weight excluding hydrogens is 283 g/mol. The van der Waals surface area contributed by atoms with E-state index >= 15 is 0 Å². The van der Waals surface area contributed by atoms with Gasteiger partial charge in [-0.1, -0.05) is 6.07 Å². The molecule has 1 aromatic carbocycles. The van der Waals surface area contributed by atoms with E-state index in [1.54, 1.807) is 22.8 Å². The fourth-order valence-corrected chi connectivity index (χ4v) is 3.39. The van der Waals surface area contributed by atoms with E-state index in [4.69, 9.17) is 0 Å². The van der Waals surface area contributed by atoms with Crippen LogP contribution < -0.4 is 4.80 Å². The second-order valence-corrected chi connectivity index (χ2v) is 5.93. The molecule has 0 saturated heterocycles. The lowest BCUT2D eigenvalue weighted by atomic mass is 10.2. The van der Waals surface area contributed by atoms with Gasteiger partial charge < -0.3 is 4.57 Å². The number of benzene rings is 1. The van der Waals surface area contributed by atoms with Crippen LogP contribution in [0.1, 0.15) is 9.67 Å². The summed E-state index contributed by atoms with van der Waals surface area (Å²) >= 11 is 2.65. The molecule has 0 N–H and O–H groups in total. The quantitative estimate of drug-likeness (QED) is 0.678. The van der Waals surface area contributed by atoms with E-state index < -0.39 is 0 Å². The maximum absolute atomic E-state index is 13.6. The lowest BCUT2D eigenvalue weighted by molar-refractivity contribution is 0.100. The van der Waals surface area contributed by atoms with Crippen LogP contribution in [-0.2, 0) is 7.05 Å². The summed E-state index contributed by atoms with van der Waals surface area (Å²) in [6.07, 6.45) is 1.83. The summed E-state index contributed by atoms with van der Waals surface area (Å²) in [6, 6.07) is 6.39. The van der Waals surface area contributed by atoms with Gasteiger partial charge in [0.1, 0.15) is 5.82 Å². The Morgan fingerprint density at radius 2 is 2.26 bits per heavy atom. The number of nitrogens with zero attached hydrogens (tertiary/aromatic N) is 2. The summed E-state index contributed by atoms with van der Waals surface area (Å²) in [5.74, 6) is -0.645. The molecule has 0 aliphatic rings. The van der Waals surface area contributed by atoms with Crippen molar-refractivity contribution >= 4 is 38.7 Å². The second kappa shape index (κ2) is 4.71. The summed E-state index contributed by atoms with van der Waals surface area (Å²) in [5, 5.41) is 2.33. The molecule has 3 rings (SSSR count). The Hall–Kier alpha value is -1.79. The number of carbonyl (C=O) groups excluding carboxylic acids is 1. The van der Waals surface area contributed by atoms with Gasteiger partial charge in [0.25, 0.3) is 5.91 Å². The van der Waals surface area contributed by atoms with Crippen molar-refractivity contribution in [1.29, 1.82) is 0 Å². The van der Waals surface area contributed by atoms with Crippen LogP contribution in [-0.4, -0.2) is 10.5 Å². The van der Waals surface area contributed by atoms with Crippen LogP contribution in [0.3, 0.4) is 0 Å². The molecule has 1 amide bonds. The van der Waals surface area contributed by atoms with Gasteiger partial charge in [-0.2, -0.15) is 4.99 Å². The number of fused-ring (bicyclic) bond motifs is 1. The number of aryl methyl sites for hydroxylation is 1. The first-order valence-corrected chi connectivity index (χ1v) is 7.22. The Morgan fingerprint density at radius 3 is 2.95 bits per heavy atom. The number of hydrogen-bond acceptors (Lipinski definition) is 3. The maximum Gasteiger partial charge on any atom is 0.289 e. The molecule has 0 unspecified atom stereocenters. The lowest BCUT2D eigenvalue weighted by Crippen LogP contribution is -2.11. The molecule has 96 valence electrons. The summed E-state index contributed by atoms with van der Waals surface area (Å²) in [4.78, 5) is 17.2. The average molecular weight is 292 g/mol. The Balaban J connectivity index is 2.08. The smallest absolute Gasteiger partial charge is 0.289 e. The van der Waals surface area contributed by atoms with Gasteiger partial charge in [0.15, 0.2) is 4.80 Å². The third kappa shape index (κ3) is 2.24. The van der Waals surface area contributed by atoms with E-state index in [1.165, 1.54) is 28.7 Å². The molecule has 0 atom stereocenters. The Kier molecular flexibility index (Phi) is 3.04. The number of amides is 1. The molecule has 0 spiro atoms. The summed E-state index contributed by atoms with van der Waals surface area (Å²) in [7, 11) is 1.83. The summed E-state index contributed by atoms with van der Waals surface area (Å²) < 4.78 is 16.1. The fourth-order valence-electron chi connectivity index (χ4n) is 1.71. The minimum absolute atomic E-state index is 0.311. The van der Waals surface area contributed by atoms with E-state index in [1.807, 2.05) is 18.6 Å². The van der Waals surface area contributed by atoms with E-state index in [0.29, 0.717) is 15.1 Å². The zero-order valence-electron chi connectivity index (χ0n) is 9.96.